The zero-order chi connectivity index (χ0) is 18.9. The number of nitrogens with zero attached hydrogens (tertiary/aromatic N) is 3. The summed E-state index contributed by atoms with van der Waals surface area (Å²) < 4.78 is 5.38. The fourth-order valence-corrected chi connectivity index (χ4v) is 2.62. The van der Waals surface area contributed by atoms with Crippen LogP contribution < -0.4 is 10.6 Å². The van der Waals surface area contributed by atoms with Gasteiger partial charge in [0.15, 0.2) is 11.7 Å². The number of hydrogen-bond donors (Lipinski definition) is 2. The van der Waals surface area contributed by atoms with Crippen molar-refractivity contribution >= 4 is 35.6 Å². The minimum atomic E-state index is -0.412. The van der Waals surface area contributed by atoms with Crippen LogP contribution >= 0.6 is 24.0 Å². The predicted molar refractivity (Wildman–Crippen MR) is 115 cm³/mol. The molecule has 0 radical (unpaired) electrons. The first-order valence-corrected chi connectivity index (χ1v) is 8.70. The van der Waals surface area contributed by atoms with Crippen LogP contribution in [0.4, 0.5) is 5.69 Å². The lowest BCUT2D eigenvalue weighted by Gasteiger charge is -2.10. The summed E-state index contributed by atoms with van der Waals surface area (Å²) in [5.41, 5.74) is 1.99. The summed E-state index contributed by atoms with van der Waals surface area (Å²) in [7, 11) is 1.68. The highest BCUT2D eigenvalue weighted by Gasteiger charge is 2.13. The van der Waals surface area contributed by atoms with Gasteiger partial charge in [0.2, 0.25) is 0 Å². The number of rotatable bonds is 8. The van der Waals surface area contributed by atoms with Gasteiger partial charge in [0.25, 0.3) is 5.69 Å². The fraction of sp³-hybridized carbons (Fsp3) is 0.444. The molecule has 2 rings (SSSR count). The van der Waals surface area contributed by atoms with Gasteiger partial charge in [0, 0.05) is 37.7 Å². The van der Waals surface area contributed by atoms with Crippen molar-refractivity contribution in [3.05, 3.63) is 57.5 Å². The second-order valence-electron chi connectivity index (χ2n) is 5.93. The van der Waals surface area contributed by atoms with E-state index < -0.39 is 4.92 Å². The maximum Gasteiger partial charge on any atom is 0.269 e. The average molecular weight is 487 g/mol. The Morgan fingerprint density at radius 1 is 1.22 bits per heavy atom. The first kappa shape index (κ1) is 22.9. The standard InChI is InChI=1S/C18H25N5O3.HI/c1-4-14(5-2)17-10-16(26-22-17)12-21-18(19-3)20-11-13-6-8-15(9-7-13)23(24)25;/h6-10,14H,4-5,11-12H2,1-3H3,(H2,19,20,21);1H. The van der Waals surface area contributed by atoms with Gasteiger partial charge >= 0.3 is 0 Å². The monoisotopic (exact) mass is 487 g/mol. The fourth-order valence-electron chi connectivity index (χ4n) is 2.62. The summed E-state index contributed by atoms with van der Waals surface area (Å²) in [4.78, 5) is 14.4. The van der Waals surface area contributed by atoms with Crippen molar-refractivity contribution in [2.75, 3.05) is 7.05 Å². The smallest absolute Gasteiger partial charge is 0.269 e. The van der Waals surface area contributed by atoms with E-state index in [9.17, 15) is 10.1 Å². The molecular weight excluding hydrogens is 461 g/mol. The molecule has 0 aliphatic carbocycles. The second kappa shape index (κ2) is 11.5. The van der Waals surface area contributed by atoms with Crippen LogP contribution in [0.3, 0.4) is 0 Å². The zero-order valence-corrected chi connectivity index (χ0v) is 18.1. The molecule has 0 amide bonds. The van der Waals surface area contributed by atoms with Gasteiger partial charge in [-0.2, -0.15) is 0 Å². The number of nitrogens with one attached hydrogen (secondary N) is 2. The van der Waals surface area contributed by atoms with Crippen molar-refractivity contribution in [2.24, 2.45) is 4.99 Å². The van der Waals surface area contributed by atoms with Crippen LogP contribution in [0.15, 0.2) is 39.8 Å². The van der Waals surface area contributed by atoms with E-state index in [1.165, 1.54) is 12.1 Å². The SMILES string of the molecule is CCC(CC)c1cc(CNC(=NC)NCc2ccc([N+](=O)[O-])cc2)on1.I. The average Bonchev–Trinajstić information content (AvgIpc) is 3.12. The van der Waals surface area contributed by atoms with Crippen LogP contribution in [-0.2, 0) is 13.1 Å². The number of aromatic nitrogens is 1. The predicted octanol–water partition coefficient (Wildman–Crippen LogP) is 3.97. The van der Waals surface area contributed by atoms with Gasteiger partial charge in [-0.1, -0.05) is 31.1 Å². The van der Waals surface area contributed by atoms with Crippen LogP contribution in [0.2, 0.25) is 0 Å². The zero-order valence-electron chi connectivity index (χ0n) is 15.8. The van der Waals surface area contributed by atoms with Gasteiger partial charge in [0.05, 0.1) is 17.2 Å². The molecule has 0 unspecified atom stereocenters. The molecule has 2 N–H and O–H groups in total. The molecule has 0 spiro atoms. The number of non-ortho nitro benzene ring substituents is 1. The van der Waals surface area contributed by atoms with Crippen LogP contribution in [0.5, 0.6) is 0 Å². The molecule has 8 nitrogen and oxygen atoms in total. The van der Waals surface area contributed by atoms with E-state index in [0.29, 0.717) is 25.0 Å². The van der Waals surface area contributed by atoms with Gasteiger partial charge < -0.3 is 15.2 Å². The summed E-state index contributed by atoms with van der Waals surface area (Å²) in [6.07, 6.45) is 2.07. The number of hydrogen-bond acceptors (Lipinski definition) is 5. The van der Waals surface area contributed by atoms with Crippen molar-refractivity contribution in [1.29, 1.82) is 0 Å². The lowest BCUT2D eigenvalue weighted by molar-refractivity contribution is -0.384. The van der Waals surface area contributed by atoms with E-state index in [2.05, 4.69) is 34.6 Å². The Labute approximate surface area is 176 Å². The Morgan fingerprint density at radius 3 is 2.41 bits per heavy atom. The van der Waals surface area contributed by atoms with Gasteiger partial charge in [0.1, 0.15) is 0 Å². The third-order valence-corrected chi connectivity index (χ3v) is 4.24. The molecule has 2 aromatic rings. The quantitative estimate of drug-likeness (QED) is 0.192. The molecule has 0 atom stereocenters. The summed E-state index contributed by atoms with van der Waals surface area (Å²) >= 11 is 0. The molecule has 1 aromatic heterocycles. The number of nitro benzene ring substituents is 1. The second-order valence-corrected chi connectivity index (χ2v) is 5.93. The number of guanidine groups is 1. The van der Waals surface area contributed by atoms with Crippen LogP contribution in [0, 0.1) is 10.1 Å². The highest BCUT2D eigenvalue weighted by Crippen LogP contribution is 2.22. The largest absolute Gasteiger partial charge is 0.359 e. The van der Waals surface area contributed by atoms with Crippen LogP contribution in [-0.4, -0.2) is 23.1 Å². The van der Waals surface area contributed by atoms with E-state index >= 15 is 0 Å². The first-order chi connectivity index (χ1) is 12.6. The van der Waals surface area contributed by atoms with E-state index in [-0.39, 0.29) is 29.7 Å². The summed E-state index contributed by atoms with van der Waals surface area (Å²) in [5, 5.41) is 21.2. The third-order valence-electron chi connectivity index (χ3n) is 4.24. The number of aliphatic imine (C=N–C) groups is 1. The molecule has 0 saturated heterocycles. The maximum absolute atomic E-state index is 10.7. The van der Waals surface area contributed by atoms with E-state index in [1.54, 1.807) is 19.2 Å². The summed E-state index contributed by atoms with van der Waals surface area (Å²) in [6.45, 7) is 5.27. The van der Waals surface area contributed by atoms with Gasteiger partial charge in [-0.3, -0.25) is 15.1 Å². The van der Waals surface area contributed by atoms with Crippen molar-refractivity contribution in [2.45, 2.75) is 45.7 Å². The molecule has 148 valence electrons. The minimum absolute atomic E-state index is 0. The molecule has 9 heteroatoms. The first-order valence-electron chi connectivity index (χ1n) is 8.70. The Bertz CT molecular complexity index is 742. The third kappa shape index (κ3) is 6.81. The molecule has 1 aromatic carbocycles. The number of nitro groups is 1. The normalized spacial score (nSPS) is 11.2. The van der Waals surface area contributed by atoms with E-state index in [4.69, 9.17) is 4.52 Å². The van der Waals surface area contributed by atoms with Crippen LogP contribution in [0.25, 0.3) is 0 Å². The van der Waals surface area contributed by atoms with Crippen molar-refractivity contribution in [3.8, 4) is 0 Å². The highest BCUT2D eigenvalue weighted by atomic mass is 127. The molecule has 0 aliphatic rings. The molecule has 0 fully saturated rings. The molecule has 0 aliphatic heterocycles. The van der Waals surface area contributed by atoms with Crippen molar-refractivity contribution in [1.82, 2.24) is 15.8 Å². The Morgan fingerprint density at radius 2 is 1.85 bits per heavy atom. The van der Waals surface area contributed by atoms with E-state index in [1.807, 2.05) is 6.07 Å². The number of halogens is 1. The van der Waals surface area contributed by atoms with Crippen molar-refractivity contribution in [3.63, 3.8) is 0 Å². The molecule has 0 bridgehead atoms. The topological polar surface area (TPSA) is 106 Å². The Balaban J connectivity index is 0.00000364. The molecule has 0 saturated carbocycles. The Kier molecular flexibility index (Phi) is 9.76. The lowest BCUT2D eigenvalue weighted by Crippen LogP contribution is -2.36. The van der Waals surface area contributed by atoms with Gasteiger partial charge in [-0.15, -0.1) is 24.0 Å². The maximum atomic E-state index is 10.7. The summed E-state index contributed by atoms with van der Waals surface area (Å²) in [6, 6.07) is 8.39. The minimum Gasteiger partial charge on any atom is -0.359 e. The molecular formula is C18H26IN5O3. The highest BCUT2D eigenvalue weighted by molar-refractivity contribution is 14.0. The van der Waals surface area contributed by atoms with Crippen molar-refractivity contribution < 1.29 is 9.45 Å². The molecule has 27 heavy (non-hydrogen) atoms. The lowest BCUT2D eigenvalue weighted by atomic mass is 9.99. The van der Waals surface area contributed by atoms with Crippen LogP contribution in [0.1, 0.15) is 49.6 Å². The number of benzene rings is 1. The molecule has 1 heterocycles. The Hall–Kier alpha value is -2.17. The van der Waals surface area contributed by atoms with E-state index in [0.717, 1.165) is 29.9 Å². The van der Waals surface area contributed by atoms with Gasteiger partial charge in [-0.25, -0.2) is 0 Å². The van der Waals surface area contributed by atoms with Gasteiger partial charge in [-0.05, 0) is 18.4 Å². The summed E-state index contributed by atoms with van der Waals surface area (Å²) in [5.74, 6) is 1.79.